The predicted octanol–water partition coefficient (Wildman–Crippen LogP) is 4.82. The van der Waals surface area contributed by atoms with Gasteiger partial charge in [0, 0.05) is 34.5 Å². The molecule has 132 valence electrons. The van der Waals surface area contributed by atoms with Crippen molar-refractivity contribution < 1.29 is 4.79 Å². The summed E-state index contributed by atoms with van der Waals surface area (Å²) in [5.41, 5.74) is 7.00. The first kappa shape index (κ1) is 16.9. The van der Waals surface area contributed by atoms with Crippen LogP contribution in [0.15, 0.2) is 47.4 Å². The fraction of sp³-hybridized carbons (Fsp3) is 0.238. The van der Waals surface area contributed by atoms with E-state index in [1.807, 2.05) is 36.0 Å². The molecule has 5 heteroatoms. The zero-order valence-electron chi connectivity index (χ0n) is 15.2. The van der Waals surface area contributed by atoms with Gasteiger partial charge in [0.2, 0.25) is 0 Å². The van der Waals surface area contributed by atoms with Crippen LogP contribution >= 0.6 is 11.8 Å². The first-order chi connectivity index (χ1) is 12.6. The van der Waals surface area contributed by atoms with Crippen LogP contribution in [0.2, 0.25) is 0 Å². The van der Waals surface area contributed by atoms with E-state index in [0.29, 0.717) is 5.69 Å². The highest BCUT2D eigenvalue weighted by Gasteiger charge is 2.27. The Morgan fingerprint density at radius 2 is 2.00 bits per heavy atom. The number of fused-ring (bicyclic) bond motifs is 3. The average molecular weight is 363 g/mol. The zero-order chi connectivity index (χ0) is 18.3. The maximum absolute atomic E-state index is 12.8. The number of nitrogens with zero attached hydrogens (tertiary/aromatic N) is 2. The number of rotatable bonds is 3. The summed E-state index contributed by atoms with van der Waals surface area (Å²) in [4.78, 5) is 14.1. The zero-order valence-corrected chi connectivity index (χ0v) is 16.0. The highest BCUT2D eigenvalue weighted by atomic mass is 32.2. The molecule has 0 unspecified atom stereocenters. The minimum Gasteiger partial charge on any atom is -0.321 e. The molecule has 0 fully saturated rings. The molecule has 0 bridgehead atoms. The second kappa shape index (κ2) is 6.65. The Morgan fingerprint density at radius 3 is 2.73 bits per heavy atom. The van der Waals surface area contributed by atoms with Crippen LogP contribution < -0.4 is 5.32 Å². The molecule has 4 nitrogen and oxygen atoms in total. The SMILES string of the molecule is CCc1ccc(NC(=O)c2nn(C)c3c2CSc2ccc(C)cc2-3)cc1. The second-order valence-corrected chi connectivity index (χ2v) is 7.61. The summed E-state index contributed by atoms with van der Waals surface area (Å²) in [5.74, 6) is 0.610. The molecular weight excluding hydrogens is 342 g/mol. The number of amides is 1. The molecule has 1 aliphatic heterocycles. The van der Waals surface area contributed by atoms with Gasteiger partial charge in [-0.15, -0.1) is 11.8 Å². The molecule has 4 rings (SSSR count). The summed E-state index contributed by atoms with van der Waals surface area (Å²) in [7, 11) is 1.91. The minimum atomic E-state index is -0.150. The number of hydrogen-bond donors (Lipinski definition) is 1. The highest BCUT2D eigenvalue weighted by Crippen LogP contribution is 2.42. The van der Waals surface area contributed by atoms with Gasteiger partial charge in [-0.3, -0.25) is 9.48 Å². The predicted molar refractivity (Wildman–Crippen MR) is 107 cm³/mol. The second-order valence-electron chi connectivity index (χ2n) is 6.59. The van der Waals surface area contributed by atoms with Crippen LogP contribution in [0.25, 0.3) is 11.3 Å². The molecule has 1 aromatic heterocycles. The molecule has 0 spiro atoms. The Labute approximate surface area is 157 Å². The van der Waals surface area contributed by atoms with Crippen LogP contribution in [0.1, 0.15) is 34.1 Å². The Morgan fingerprint density at radius 1 is 1.23 bits per heavy atom. The Bertz CT molecular complexity index is 989. The van der Waals surface area contributed by atoms with Crippen LogP contribution in [-0.4, -0.2) is 15.7 Å². The third-order valence-corrected chi connectivity index (χ3v) is 5.84. The number of benzene rings is 2. The first-order valence-corrected chi connectivity index (χ1v) is 9.75. The molecule has 2 aromatic carbocycles. The summed E-state index contributed by atoms with van der Waals surface area (Å²) >= 11 is 1.76. The Kier molecular flexibility index (Phi) is 4.32. The molecule has 0 aliphatic carbocycles. The van der Waals surface area contributed by atoms with Gasteiger partial charge in [0.05, 0.1) is 5.69 Å². The van der Waals surface area contributed by atoms with E-state index in [-0.39, 0.29) is 5.91 Å². The van der Waals surface area contributed by atoms with Crippen molar-refractivity contribution >= 4 is 23.4 Å². The van der Waals surface area contributed by atoms with Crippen molar-refractivity contribution in [3.05, 3.63) is 64.8 Å². The maximum atomic E-state index is 12.8. The molecule has 0 saturated heterocycles. The number of carbonyl (C=O) groups is 1. The normalized spacial score (nSPS) is 12.4. The van der Waals surface area contributed by atoms with Crippen LogP contribution in [0.4, 0.5) is 5.69 Å². The largest absolute Gasteiger partial charge is 0.321 e. The van der Waals surface area contributed by atoms with E-state index in [1.54, 1.807) is 11.8 Å². The van der Waals surface area contributed by atoms with Crippen molar-refractivity contribution in [3.63, 3.8) is 0 Å². The molecule has 0 radical (unpaired) electrons. The minimum absolute atomic E-state index is 0.150. The van der Waals surface area contributed by atoms with E-state index in [1.165, 1.54) is 16.0 Å². The van der Waals surface area contributed by atoms with Crippen LogP contribution in [0.3, 0.4) is 0 Å². The van der Waals surface area contributed by atoms with Crippen molar-refractivity contribution in [2.24, 2.45) is 7.05 Å². The van der Waals surface area contributed by atoms with Gasteiger partial charge < -0.3 is 5.32 Å². The number of nitrogens with one attached hydrogen (secondary N) is 1. The van der Waals surface area contributed by atoms with Gasteiger partial charge in [0.1, 0.15) is 0 Å². The Hall–Kier alpha value is -2.53. The van der Waals surface area contributed by atoms with Crippen LogP contribution in [-0.2, 0) is 19.2 Å². The summed E-state index contributed by atoms with van der Waals surface area (Å²) in [6, 6.07) is 14.4. The number of aromatic nitrogens is 2. The van der Waals surface area contributed by atoms with Gasteiger partial charge >= 0.3 is 0 Å². The molecule has 0 atom stereocenters. The van der Waals surface area contributed by atoms with E-state index >= 15 is 0 Å². The van der Waals surface area contributed by atoms with Gasteiger partial charge in [-0.25, -0.2) is 0 Å². The molecule has 1 N–H and O–H groups in total. The van der Waals surface area contributed by atoms with E-state index < -0.39 is 0 Å². The molecule has 2 heterocycles. The van der Waals surface area contributed by atoms with Crippen molar-refractivity contribution in [3.8, 4) is 11.3 Å². The van der Waals surface area contributed by atoms with Crippen molar-refractivity contribution in [1.29, 1.82) is 0 Å². The number of carbonyl (C=O) groups excluding carboxylic acids is 1. The summed E-state index contributed by atoms with van der Waals surface area (Å²) in [6.07, 6.45) is 0.984. The molecule has 3 aromatic rings. The first-order valence-electron chi connectivity index (χ1n) is 8.76. The van der Waals surface area contributed by atoms with Crippen LogP contribution in [0.5, 0.6) is 0 Å². The Balaban J connectivity index is 1.68. The summed E-state index contributed by atoms with van der Waals surface area (Å²) in [6.45, 7) is 4.20. The molecule has 1 aliphatic rings. The van der Waals surface area contributed by atoms with Crippen molar-refractivity contribution in [2.75, 3.05) is 5.32 Å². The van der Waals surface area contributed by atoms with Gasteiger partial charge in [-0.1, -0.05) is 30.7 Å². The number of thioether (sulfide) groups is 1. The van der Waals surface area contributed by atoms with E-state index in [2.05, 4.69) is 42.5 Å². The van der Waals surface area contributed by atoms with Gasteiger partial charge in [0.15, 0.2) is 5.69 Å². The third-order valence-electron chi connectivity index (χ3n) is 4.74. The van der Waals surface area contributed by atoms with Gasteiger partial charge in [0.25, 0.3) is 5.91 Å². The lowest BCUT2D eigenvalue weighted by molar-refractivity contribution is 0.102. The maximum Gasteiger partial charge on any atom is 0.276 e. The standard InChI is InChI=1S/C21H21N3OS/c1-4-14-6-8-15(9-7-14)22-21(25)19-17-12-26-18-10-5-13(2)11-16(18)20(17)24(3)23-19/h5-11H,4,12H2,1-3H3,(H,22,25). The lowest BCUT2D eigenvalue weighted by Crippen LogP contribution is -2.15. The topological polar surface area (TPSA) is 46.9 Å². The quantitative estimate of drug-likeness (QED) is 0.726. The monoisotopic (exact) mass is 363 g/mol. The summed E-state index contributed by atoms with van der Waals surface area (Å²) < 4.78 is 1.84. The lowest BCUT2D eigenvalue weighted by atomic mass is 10.0. The molecule has 26 heavy (non-hydrogen) atoms. The van der Waals surface area contributed by atoms with E-state index in [4.69, 9.17) is 0 Å². The number of aryl methyl sites for hydroxylation is 3. The highest BCUT2D eigenvalue weighted by molar-refractivity contribution is 7.98. The van der Waals surface area contributed by atoms with Crippen molar-refractivity contribution in [1.82, 2.24) is 9.78 Å². The number of hydrogen-bond acceptors (Lipinski definition) is 3. The van der Waals surface area contributed by atoms with Gasteiger partial charge in [-0.05, 0) is 43.2 Å². The fourth-order valence-corrected chi connectivity index (χ4v) is 4.39. The lowest BCUT2D eigenvalue weighted by Gasteiger charge is -2.17. The average Bonchev–Trinajstić information content (AvgIpc) is 2.99. The summed E-state index contributed by atoms with van der Waals surface area (Å²) in [5, 5.41) is 7.53. The third kappa shape index (κ3) is 2.92. The number of anilines is 1. The molecule has 0 saturated carbocycles. The fourth-order valence-electron chi connectivity index (χ4n) is 3.34. The van der Waals surface area contributed by atoms with Gasteiger partial charge in [-0.2, -0.15) is 5.10 Å². The van der Waals surface area contributed by atoms with Crippen molar-refractivity contribution in [2.45, 2.75) is 30.9 Å². The van der Waals surface area contributed by atoms with E-state index in [9.17, 15) is 4.79 Å². The molecular formula is C21H21N3OS. The smallest absolute Gasteiger partial charge is 0.276 e. The van der Waals surface area contributed by atoms with Crippen LogP contribution in [0, 0.1) is 6.92 Å². The molecule has 1 amide bonds. The van der Waals surface area contributed by atoms with E-state index in [0.717, 1.165) is 34.7 Å².